The van der Waals surface area contributed by atoms with Crippen LogP contribution >= 0.6 is 0 Å². The molecule has 20 nitrogen and oxygen atoms in total. The predicted octanol–water partition coefficient (Wildman–Crippen LogP) is -6.20. The summed E-state index contributed by atoms with van der Waals surface area (Å²) in [5, 5.41) is 123. The van der Waals surface area contributed by atoms with Gasteiger partial charge in [0.15, 0.2) is 12.6 Å². The van der Waals surface area contributed by atoms with Gasteiger partial charge < -0.3 is 89.7 Å². The van der Waals surface area contributed by atoms with Crippen molar-refractivity contribution in [3.05, 3.63) is 0 Å². The van der Waals surface area contributed by atoms with Crippen molar-refractivity contribution in [2.75, 3.05) is 13.2 Å². The molecule has 20 heteroatoms. The first-order valence-electron chi connectivity index (χ1n) is 16.7. The topological polar surface area (TPSA) is 332 Å². The Morgan fingerprint density at radius 3 is 1.76 bits per heavy atom. The molecule has 50 heavy (non-hydrogen) atoms. The Morgan fingerprint density at radius 1 is 0.620 bits per heavy atom. The summed E-state index contributed by atoms with van der Waals surface area (Å²) in [5.74, 6) is -3.94. The molecule has 0 amide bonds. The summed E-state index contributed by atoms with van der Waals surface area (Å²) in [6.45, 7) is -1.42. The van der Waals surface area contributed by atoms with Crippen LogP contribution in [0.5, 0.6) is 0 Å². The number of carboxylic acid groups (broad SMARTS) is 1. The maximum absolute atomic E-state index is 11.8. The molecule has 0 spiro atoms. The van der Waals surface area contributed by atoms with Gasteiger partial charge in [-0.3, -0.25) is 9.59 Å². The maximum Gasteiger partial charge on any atom is 0.317 e. The van der Waals surface area contributed by atoms with E-state index in [1.165, 1.54) is 0 Å². The summed E-state index contributed by atoms with van der Waals surface area (Å²) in [7, 11) is 0. The van der Waals surface area contributed by atoms with E-state index in [1.807, 2.05) is 0 Å². The van der Waals surface area contributed by atoms with Crippen LogP contribution in [0.3, 0.4) is 0 Å². The lowest BCUT2D eigenvalue weighted by atomic mass is 9.72. The van der Waals surface area contributed by atoms with Gasteiger partial charge in [-0.15, -0.1) is 0 Å². The lowest BCUT2D eigenvalue weighted by Crippen LogP contribution is -2.63. The fourth-order valence-corrected chi connectivity index (χ4v) is 7.64. The monoisotopic (exact) mass is 728 g/mol. The van der Waals surface area contributed by atoms with Crippen LogP contribution in [0.2, 0.25) is 0 Å². The van der Waals surface area contributed by atoms with Crippen molar-refractivity contribution in [1.29, 1.82) is 0 Å². The van der Waals surface area contributed by atoms with Crippen LogP contribution in [0.25, 0.3) is 0 Å². The summed E-state index contributed by atoms with van der Waals surface area (Å²) < 4.78 is 34.8. The van der Waals surface area contributed by atoms with Crippen LogP contribution in [0, 0.1) is 11.8 Å². The molecule has 3 saturated heterocycles. The minimum Gasteiger partial charge on any atom is -0.481 e. The summed E-state index contributed by atoms with van der Waals surface area (Å²) in [6.07, 6.45) is -26.5. The maximum atomic E-state index is 11.8. The third-order valence-corrected chi connectivity index (χ3v) is 10.3. The molecule has 18 atom stereocenters. The molecule has 12 N–H and O–H groups in total. The number of aliphatic hydroxyl groups excluding tert-OH is 11. The number of carbonyl (C=O) groups excluding carboxylic acids is 1. The van der Waals surface area contributed by atoms with Gasteiger partial charge in [0.2, 0.25) is 0 Å². The van der Waals surface area contributed by atoms with Gasteiger partial charge >= 0.3 is 11.9 Å². The Balaban J connectivity index is 1.38. The molecule has 2 saturated carbocycles. The highest BCUT2D eigenvalue weighted by Gasteiger charge is 2.54. The Labute approximate surface area is 285 Å². The SMILES string of the molecule is O=C(O)CC(=O)OC[C@H]1O[C@@H](OC2CC3C(CC(O)CC3O[C@@H]3O[C@H](CO)[C@@H](O)[C@H](O)[C@H]3O)OC2C2CC(O)C(O)C(O)C2)[C@H](O)[C@@H](O)[C@@H]1O. The van der Waals surface area contributed by atoms with Crippen molar-refractivity contribution in [2.45, 2.75) is 149 Å². The third-order valence-electron chi connectivity index (χ3n) is 10.3. The smallest absolute Gasteiger partial charge is 0.317 e. The summed E-state index contributed by atoms with van der Waals surface area (Å²) >= 11 is 0. The lowest BCUT2D eigenvalue weighted by Gasteiger charge is -2.52. The van der Waals surface area contributed by atoms with E-state index in [1.54, 1.807) is 0 Å². The Morgan fingerprint density at radius 2 is 1.18 bits per heavy atom. The Kier molecular flexibility index (Phi) is 13.1. The second-order valence-corrected chi connectivity index (χ2v) is 13.8. The molecule has 8 unspecified atom stereocenters. The molecule has 0 bridgehead atoms. The van der Waals surface area contributed by atoms with Crippen LogP contribution in [-0.4, -0.2) is 197 Å². The molecular formula is C30H48O20. The lowest BCUT2D eigenvalue weighted by molar-refractivity contribution is -0.345. The zero-order valence-electron chi connectivity index (χ0n) is 26.8. The number of hydrogen-bond acceptors (Lipinski definition) is 19. The van der Waals surface area contributed by atoms with E-state index in [4.69, 9.17) is 33.5 Å². The number of aliphatic carboxylic acids is 1. The first kappa shape index (κ1) is 39.5. The van der Waals surface area contributed by atoms with Crippen LogP contribution in [0.1, 0.15) is 38.5 Å². The van der Waals surface area contributed by atoms with E-state index in [-0.39, 0.29) is 32.1 Å². The second kappa shape index (κ2) is 16.5. The third kappa shape index (κ3) is 8.57. The van der Waals surface area contributed by atoms with Crippen LogP contribution in [-0.2, 0) is 38.0 Å². The Hall–Kier alpha value is -1.70. The van der Waals surface area contributed by atoms with Crippen molar-refractivity contribution in [1.82, 2.24) is 0 Å². The second-order valence-electron chi connectivity index (χ2n) is 13.8. The molecule has 0 aromatic heterocycles. The first-order valence-corrected chi connectivity index (χ1v) is 16.7. The highest BCUT2D eigenvalue weighted by Crippen LogP contribution is 2.45. The number of carboxylic acids is 1. The molecule has 0 aromatic rings. The molecular weight excluding hydrogens is 680 g/mol. The predicted molar refractivity (Wildman–Crippen MR) is 156 cm³/mol. The standard InChI is InChI=1S/C30H48O20/c31-7-17-22(39)24(41)26(43)29(49-17)47-15-4-10(32)3-14-11(15)5-16(28(46-14)9-1-12(33)21(38)13(34)2-9)48-30-27(44)25(42)23(40)18(50-30)8-45-20(37)6-19(35)36/h9-18,21-34,38-44H,1-8H2,(H,35,36)/t9?,10?,11?,12?,13?,14?,15?,16?,17-,18-,21?,22-,23-,24+,25+,26-,27-,28?,29-,30-/m1/s1. The zero-order chi connectivity index (χ0) is 36.6. The molecule has 0 radical (unpaired) electrons. The van der Waals surface area contributed by atoms with Crippen molar-refractivity contribution in [3.8, 4) is 0 Å². The Bertz CT molecular complexity index is 1130. The van der Waals surface area contributed by atoms with E-state index in [0.717, 1.165) is 0 Å². The number of rotatable bonds is 10. The average Bonchev–Trinajstić information content (AvgIpc) is 3.06. The normalized spacial score (nSPS) is 49.9. The van der Waals surface area contributed by atoms with Crippen molar-refractivity contribution in [3.63, 3.8) is 0 Å². The van der Waals surface area contributed by atoms with Gasteiger partial charge in [0, 0.05) is 12.3 Å². The van der Waals surface area contributed by atoms with Gasteiger partial charge in [0.05, 0.1) is 49.3 Å². The minimum atomic E-state index is -1.88. The fourth-order valence-electron chi connectivity index (χ4n) is 7.64. The quantitative estimate of drug-likeness (QED) is 0.0735. The summed E-state index contributed by atoms with van der Waals surface area (Å²) in [4.78, 5) is 22.6. The van der Waals surface area contributed by atoms with E-state index >= 15 is 0 Å². The van der Waals surface area contributed by atoms with E-state index in [2.05, 4.69) is 0 Å². The summed E-state index contributed by atoms with van der Waals surface area (Å²) in [5.41, 5.74) is 0. The number of ether oxygens (including phenoxy) is 6. The van der Waals surface area contributed by atoms with Crippen LogP contribution in [0.15, 0.2) is 0 Å². The highest BCUT2D eigenvalue weighted by atomic mass is 16.7. The summed E-state index contributed by atoms with van der Waals surface area (Å²) in [6, 6.07) is 0. The van der Waals surface area contributed by atoms with Crippen LogP contribution < -0.4 is 0 Å². The number of esters is 1. The molecule has 5 fully saturated rings. The molecule has 5 aliphatic rings. The number of hydrogen-bond donors (Lipinski definition) is 12. The zero-order valence-corrected chi connectivity index (χ0v) is 26.8. The van der Waals surface area contributed by atoms with Gasteiger partial charge in [0.25, 0.3) is 0 Å². The number of fused-ring (bicyclic) bond motifs is 1. The largest absolute Gasteiger partial charge is 0.481 e. The van der Waals surface area contributed by atoms with Gasteiger partial charge in [0.1, 0.15) is 68.0 Å². The highest BCUT2D eigenvalue weighted by molar-refractivity contribution is 5.90. The van der Waals surface area contributed by atoms with E-state index in [9.17, 15) is 65.8 Å². The number of aliphatic hydroxyl groups is 11. The van der Waals surface area contributed by atoms with Crippen molar-refractivity contribution < 1.29 is 99.3 Å². The molecule has 288 valence electrons. The number of carbonyl (C=O) groups is 2. The average molecular weight is 729 g/mol. The molecule has 3 heterocycles. The van der Waals surface area contributed by atoms with Crippen molar-refractivity contribution in [2.24, 2.45) is 11.8 Å². The van der Waals surface area contributed by atoms with E-state index in [0.29, 0.717) is 0 Å². The van der Waals surface area contributed by atoms with Gasteiger partial charge in [-0.05, 0) is 31.6 Å². The molecule has 2 aliphatic carbocycles. The minimum absolute atomic E-state index is 0.0127. The van der Waals surface area contributed by atoms with E-state index < -0.39 is 154 Å². The molecule has 0 aromatic carbocycles. The fraction of sp³-hybridized carbons (Fsp3) is 0.933. The molecule has 3 aliphatic heterocycles. The van der Waals surface area contributed by atoms with Gasteiger partial charge in [-0.1, -0.05) is 0 Å². The molecule has 5 rings (SSSR count). The van der Waals surface area contributed by atoms with Crippen LogP contribution in [0.4, 0.5) is 0 Å². The van der Waals surface area contributed by atoms with Gasteiger partial charge in [-0.2, -0.15) is 0 Å². The van der Waals surface area contributed by atoms with Crippen molar-refractivity contribution >= 4 is 11.9 Å². The first-order chi connectivity index (χ1) is 23.6. The van der Waals surface area contributed by atoms with Gasteiger partial charge in [-0.25, -0.2) is 0 Å².